The number of hydrogen-bond donors (Lipinski definition) is 0. The number of unbranched alkanes of at least 4 members (excludes halogenated alkanes) is 1. The van der Waals surface area contributed by atoms with Gasteiger partial charge < -0.3 is 0 Å². The van der Waals surface area contributed by atoms with Crippen LogP contribution in [0.1, 0.15) is 88.0 Å². The maximum absolute atomic E-state index is 3.00. The fourth-order valence-electron chi connectivity index (χ4n) is 0.612. The van der Waals surface area contributed by atoms with Crippen molar-refractivity contribution in [2.24, 2.45) is 5.92 Å². The molecule has 0 atom stereocenters. The minimum absolute atomic E-state index is 0.903. The predicted molar refractivity (Wildman–Crippen MR) is 84.3 cm³/mol. The van der Waals surface area contributed by atoms with Crippen molar-refractivity contribution in [1.29, 1.82) is 0 Å². The summed E-state index contributed by atoms with van der Waals surface area (Å²) < 4.78 is 0. The van der Waals surface area contributed by atoms with Crippen molar-refractivity contribution >= 4 is 0 Å². The normalized spacial score (nSPS) is 6.62. The number of rotatable bonds is 3. The first-order valence-corrected chi connectivity index (χ1v) is 7.18. The van der Waals surface area contributed by atoms with Crippen molar-refractivity contribution < 1.29 is 0 Å². The van der Waals surface area contributed by atoms with E-state index in [1.165, 1.54) is 25.7 Å². The lowest BCUT2D eigenvalue weighted by molar-refractivity contribution is 0.550. The van der Waals surface area contributed by atoms with E-state index in [1.807, 2.05) is 27.7 Å². The van der Waals surface area contributed by atoms with Gasteiger partial charge in [-0.25, -0.2) is 0 Å². The molecule has 0 heterocycles. The van der Waals surface area contributed by atoms with Gasteiger partial charge in [0.05, 0.1) is 0 Å². The van der Waals surface area contributed by atoms with Crippen LogP contribution >= 0.6 is 0 Å². The fraction of sp³-hybridized carbons (Fsp3) is 0.875. The van der Waals surface area contributed by atoms with E-state index in [9.17, 15) is 0 Å². The molecule has 16 heavy (non-hydrogen) atoms. The summed E-state index contributed by atoms with van der Waals surface area (Å²) in [4.78, 5) is 0. The smallest absolute Gasteiger partial charge is 0.0471 e. The van der Waals surface area contributed by atoms with Crippen molar-refractivity contribution in [2.75, 3.05) is 0 Å². The van der Waals surface area contributed by atoms with E-state index in [0.29, 0.717) is 0 Å². The van der Waals surface area contributed by atoms with Crippen molar-refractivity contribution in [1.82, 2.24) is 0 Å². The molecule has 0 aliphatic rings. The standard InChI is InChI=1S/C7H16.C3H8.2C2H6.C2H4/c1-4-5-6-7(2)3;1-3-2;3*1-2/h7H,4-6H2,1-3H3;3H2,1-2H3;2*1-2H3;1-2H2. The molecule has 0 heteroatoms. The Bertz CT molecular complexity index is 46.0. The molecule has 0 radical (unpaired) electrons. The van der Waals surface area contributed by atoms with Gasteiger partial charge in [-0.15, -0.1) is 13.2 Å². The summed E-state index contributed by atoms with van der Waals surface area (Å²) in [6.45, 7) is 25.0. The molecule has 0 N–H and O–H groups in total. The fourth-order valence-corrected chi connectivity index (χ4v) is 0.612. The van der Waals surface area contributed by atoms with Crippen LogP contribution in [-0.2, 0) is 0 Å². The van der Waals surface area contributed by atoms with Crippen LogP contribution in [0.2, 0.25) is 0 Å². The Morgan fingerprint density at radius 3 is 1.12 bits per heavy atom. The Hall–Kier alpha value is -0.260. The van der Waals surface area contributed by atoms with Gasteiger partial charge in [-0.2, -0.15) is 0 Å². The lowest BCUT2D eigenvalue weighted by Gasteiger charge is -1.98. The molecular weight excluding hydrogens is 192 g/mol. The molecule has 0 amide bonds. The molecular formula is C16H40. The molecule has 0 rings (SSSR count). The molecule has 0 spiro atoms. The molecule has 104 valence electrons. The Morgan fingerprint density at radius 1 is 0.812 bits per heavy atom. The summed E-state index contributed by atoms with van der Waals surface area (Å²) in [7, 11) is 0. The monoisotopic (exact) mass is 232 g/mol. The van der Waals surface area contributed by atoms with Gasteiger partial charge >= 0.3 is 0 Å². The van der Waals surface area contributed by atoms with Crippen molar-refractivity contribution in [3.8, 4) is 0 Å². The first kappa shape index (κ1) is 29.6. The Kier molecular flexibility index (Phi) is 114. The van der Waals surface area contributed by atoms with Gasteiger partial charge in [0.15, 0.2) is 0 Å². The maximum Gasteiger partial charge on any atom is -0.0471 e. The third kappa shape index (κ3) is 159. The first-order valence-electron chi connectivity index (χ1n) is 7.18. The van der Waals surface area contributed by atoms with E-state index in [-0.39, 0.29) is 0 Å². The van der Waals surface area contributed by atoms with Gasteiger partial charge in [-0.05, 0) is 5.92 Å². The molecule has 0 aliphatic carbocycles. The highest BCUT2D eigenvalue weighted by Gasteiger charge is 1.88. The van der Waals surface area contributed by atoms with Crippen LogP contribution in [0.4, 0.5) is 0 Å². The largest absolute Gasteiger partial charge is 0.106 e. The molecule has 0 saturated carbocycles. The minimum Gasteiger partial charge on any atom is -0.106 e. The summed E-state index contributed by atoms with van der Waals surface area (Å²) in [5.41, 5.74) is 0. The average Bonchev–Trinajstić information content (AvgIpc) is 2.35. The van der Waals surface area contributed by atoms with Gasteiger partial charge in [0, 0.05) is 0 Å². The van der Waals surface area contributed by atoms with Gasteiger partial charge in [0.2, 0.25) is 0 Å². The molecule has 0 aliphatic heterocycles. The first-order chi connectivity index (χ1) is 7.68. The zero-order valence-corrected chi connectivity index (χ0v) is 13.8. The lowest BCUT2D eigenvalue weighted by Crippen LogP contribution is -1.83. The zero-order valence-electron chi connectivity index (χ0n) is 13.8. The van der Waals surface area contributed by atoms with Crippen LogP contribution in [0.5, 0.6) is 0 Å². The van der Waals surface area contributed by atoms with Crippen LogP contribution in [0.15, 0.2) is 13.2 Å². The van der Waals surface area contributed by atoms with E-state index in [0.717, 1.165) is 5.92 Å². The quantitative estimate of drug-likeness (QED) is 0.455. The molecule has 0 aromatic carbocycles. The predicted octanol–water partition coefficient (Wildman–Crippen LogP) is 7.10. The Morgan fingerprint density at radius 2 is 1.06 bits per heavy atom. The molecule has 0 nitrogen and oxygen atoms in total. The summed E-state index contributed by atoms with van der Waals surface area (Å²) in [6, 6.07) is 0. The number of hydrogen-bond acceptors (Lipinski definition) is 0. The van der Waals surface area contributed by atoms with E-state index in [2.05, 4.69) is 47.8 Å². The Labute approximate surface area is 108 Å². The van der Waals surface area contributed by atoms with Gasteiger partial charge in [-0.1, -0.05) is 88.0 Å². The molecule has 0 bridgehead atoms. The van der Waals surface area contributed by atoms with Crippen LogP contribution in [0, 0.1) is 5.92 Å². The second-order valence-corrected chi connectivity index (χ2v) is 3.24. The molecule has 0 saturated heterocycles. The average molecular weight is 232 g/mol. The van der Waals surface area contributed by atoms with Crippen LogP contribution in [0.3, 0.4) is 0 Å². The van der Waals surface area contributed by atoms with E-state index < -0.39 is 0 Å². The highest BCUT2D eigenvalue weighted by Crippen LogP contribution is 2.04. The summed E-state index contributed by atoms with van der Waals surface area (Å²) in [5.74, 6) is 0.903. The molecule has 0 fully saturated rings. The highest BCUT2D eigenvalue weighted by atomic mass is 13.9. The van der Waals surface area contributed by atoms with Gasteiger partial charge in [0.1, 0.15) is 0 Å². The molecule has 0 unspecified atom stereocenters. The second-order valence-electron chi connectivity index (χ2n) is 3.24. The molecule has 0 aromatic heterocycles. The van der Waals surface area contributed by atoms with Crippen molar-refractivity contribution in [2.45, 2.75) is 88.0 Å². The van der Waals surface area contributed by atoms with E-state index in [4.69, 9.17) is 0 Å². The third-order valence-electron chi connectivity index (χ3n) is 1.14. The topological polar surface area (TPSA) is 0 Å². The van der Waals surface area contributed by atoms with Crippen LogP contribution in [-0.4, -0.2) is 0 Å². The summed E-state index contributed by atoms with van der Waals surface area (Å²) >= 11 is 0. The minimum atomic E-state index is 0.903. The second kappa shape index (κ2) is 61.3. The van der Waals surface area contributed by atoms with Crippen molar-refractivity contribution in [3.63, 3.8) is 0 Å². The van der Waals surface area contributed by atoms with E-state index in [1.54, 1.807) is 0 Å². The maximum atomic E-state index is 3.00. The van der Waals surface area contributed by atoms with Crippen LogP contribution in [0.25, 0.3) is 0 Å². The highest BCUT2D eigenvalue weighted by molar-refractivity contribution is 4.42. The zero-order chi connectivity index (χ0) is 14.4. The Balaban J connectivity index is -0.0000000379. The van der Waals surface area contributed by atoms with Gasteiger partial charge in [0.25, 0.3) is 0 Å². The lowest BCUT2D eigenvalue weighted by atomic mass is 10.1. The molecule has 0 aromatic rings. The summed E-state index contributed by atoms with van der Waals surface area (Å²) in [6.07, 6.45) is 5.40. The SMILES string of the molecule is C=C.CC.CC.CCC.CCCCC(C)C. The van der Waals surface area contributed by atoms with Crippen LogP contribution < -0.4 is 0 Å². The van der Waals surface area contributed by atoms with Crippen molar-refractivity contribution in [3.05, 3.63) is 13.2 Å². The summed E-state index contributed by atoms with van der Waals surface area (Å²) in [5, 5.41) is 0. The van der Waals surface area contributed by atoms with Gasteiger partial charge in [-0.3, -0.25) is 0 Å². The third-order valence-corrected chi connectivity index (χ3v) is 1.14. The van der Waals surface area contributed by atoms with E-state index >= 15 is 0 Å².